The molecular formula is C22H25ClN4O2. The molecule has 152 valence electrons. The van der Waals surface area contributed by atoms with Crippen molar-refractivity contribution in [1.29, 1.82) is 0 Å². The maximum absolute atomic E-state index is 12.9. The van der Waals surface area contributed by atoms with E-state index in [1.807, 2.05) is 49.7 Å². The van der Waals surface area contributed by atoms with E-state index >= 15 is 0 Å². The Morgan fingerprint density at radius 3 is 2.48 bits per heavy atom. The second-order valence-corrected chi connectivity index (χ2v) is 7.57. The summed E-state index contributed by atoms with van der Waals surface area (Å²) in [5, 5.41) is 6.34. The van der Waals surface area contributed by atoms with Crippen LogP contribution in [0.25, 0.3) is 11.0 Å². The van der Waals surface area contributed by atoms with Gasteiger partial charge in [-0.3, -0.25) is 9.59 Å². The Kier molecular flexibility index (Phi) is 6.54. The molecule has 2 amide bonds. The van der Waals surface area contributed by atoms with Gasteiger partial charge in [-0.1, -0.05) is 44.0 Å². The minimum atomic E-state index is -0.641. The highest BCUT2D eigenvalue weighted by Crippen LogP contribution is 2.15. The van der Waals surface area contributed by atoms with Crippen molar-refractivity contribution >= 4 is 34.4 Å². The standard InChI is InChI=1S/C22H25ClN4O2/c1-4-14(2)20(26-21(28)15-9-11-16(23)12-10-15)22(29)24-13-19-25-17-7-5-6-8-18(17)27(19)3/h5-12,14,20H,4,13H2,1-3H3,(H,24,29)(H,26,28). The molecule has 2 aromatic carbocycles. The average Bonchev–Trinajstić information content (AvgIpc) is 3.06. The highest BCUT2D eigenvalue weighted by Gasteiger charge is 2.26. The molecule has 0 saturated heterocycles. The molecule has 2 unspecified atom stereocenters. The monoisotopic (exact) mass is 412 g/mol. The molecule has 2 N–H and O–H groups in total. The number of aryl methyl sites for hydroxylation is 1. The van der Waals surface area contributed by atoms with Crippen molar-refractivity contribution in [3.05, 3.63) is 64.9 Å². The Morgan fingerprint density at radius 1 is 1.14 bits per heavy atom. The molecule has 0 saturated carbocycles. The van der Waals surface area contributed by atoms with Crippen molar-refractivity contribution in [3.63, 3.8) is 0 Å². The van der Waals surface area contributed by atoms with Crippen LogP contribution in [-0.2, 0) is 18.4 Å². The summed E-state index contributed by atoms with van der Waals surface area (Å²) in [6, 6.07) is 13.8. The molecule has 0 radical (unpaired) electrons. The van der Waals surface area contributed by atoms with Crippen LogP contribution >= 0.6 is 11.6 Å². The van der Waals surface area contributed by atoms with Crippen LogP contribution in [0.15, 0.2) is 48.5 Å². The lowest BCUT2D eigenvalue weighted by molar-refractivity contribution is -0.124. The third-order valence-corrected chi connectivity index (χ3v) is 5.44. The number of rotatable bonds is 7. The van der Waals surface area contributed by atoms with Crippen LogP contribution in [0.4, 0.5) is 0 Å². The van der Waals surface area contributed by atoms with E-state index in [9.17, 15) is 9.59 Å². The molecule has 6 nitrogen and oxygen atoms in total. The van der Waals surface area contributed by atoms with Gasteiger partial charge >= 0.3 is 0 Å². The lowest BCUT2D eigenvalue weighted by Crippen LogP contribution is -2.50. The van der Waals surface area contributed by atoms with Gasteiger partial charge in [0.2, 0.25) is 5.91 Å². The maximum atomic E-state index is 12.9. The summed E-state index contributed by atoms with van der Waals surface area (Å²) in [4.78, 5) is 30.0. The number of nitrogens with one attached hydrogen (secondary N) is 2. The van der Waals surface area contributed by atoms with E-state index in [1.165, 1.54) is 0 Å². The van der Waals surface area contributed by atoms with Crippen LogP contribution in [0.1, 0.15) is 36.5 Å². The predicted octanol–water partition coefficient (Wildman–Crippen LogP) is 3.69. The Balaban J connectivity index is 1.70. The van der Waals surface area contributed by atoms with Crippen molar-refractivity contribution in [2.45, 2.75) is 32.9 Å². The van der Waals surface area contributed by atoms with Crippen LogP contribution in [0.5, 0.6) is 0 Å². The van der Waals surface area contributed by atoms with E-state index in [2.05, 4.69) is 15.6 Å². The second kappa shape index (κ2) is 9.09. The van der Waals surface area contributed by atoms with Gasteiger partial charge in [0, 0.05) is 17.6 Å². The van der Waals surface area contributed by atoms with Gasteiger partial charge in [-0.15, -0.1) is 0 Å². The molecule has 0 spiro atoms. The smallest absolute Gasteiger partial charge is 0.251 e. The van der Waals surface area contributed by atoms with E-state index in [1.54, 1.807) is 24.3 Å². The van der Waals surface area contributed by atoms with Gasteiger partial charge in [-0.2, -0.15) is 0 Å². The first-order chi connectivity index (χ1) is 13.9. The third-order valence-electron chi connectivity index (χ3n) is 5.19. The SMILES string of the molecule is CCC(C)C(NC(=O)c1ccc(Cl)cc1)C(=O)NCc1nc2ccccc2n1C. The van der Waals surface area contributed by atoms with Crippen molar-refractivity contribution in [3.8, 4) is 0 Å². The number of imidazole rings is 1. The summed E-state index contributed by atoms with van der Waals surface area (Å²) in [6.45, 7) is 4.22. The summed E-state index contributed by atoms with van der Waals surface area (Å²) in [7, 11) is 1.92. The van der Waals surface area contributed by atoms with E-state index in [0.717, 1.165) is 23.3 Å². The molecule has 0 aliphatic heterocycles. The first-order valence-corrected chi connectivity index (χ1v) is 10.0. The largest absolute Gasteiger partial charge is 0.347 e. The van der Waals surface area contributed by atoms with Crippen LogP contribution < -0.4 is 10.6 Å². The van der Waals surface area contributed by atoms with Gasteiger partial charge in [-0.05, 0) is 42.3 Å². The first-order valence-electron chi connectivity index (χ1n) is 9.65. The lowest BCUT2D eigenvalue weighted by Gasteiger charge is -2.23. The Hall–Kier alpha value is -2.86. The lowest BCUT2D eigenvalue weighted by atomic mass is 9.98. The molecular weight excluding hydrogens is 388 g/mol. The number of amides is 2. The zero-order chi connectivity index (χ0) is 21.0. The van der Waals surface area contributed by atoms with Crippen molar-refractivity contribution in [1.82, 2.24) is 20.2 Å². The number of carbonyl (C=O) groups excluding carboxylic acids is 2. The van der Waals surface area contributed by atoms with E-state index < -0.39 is 6.04 Å². The molecule has 0 aliphatic rings. The summed E-state index contributed by atoms with van der Waals surface area (Å²) < 4.78 is 1.96. The minimum Gasteiger partial charge on any atom is -0.347 e. The zero-order valence-corrected chi connectivity index (χ0v) is 17.5. The van der Waals surface area contributed by atoms with E-state index in [0.29, 0.717) is 10.6 Å². The number of para-hydroxylation sites is 2. The molecule has 1 heterocycles. The van der Waals surface area contributed by atoms with Crippen molar-refractivity contribution in [2.75, 3.05) is 0 Å². The molecule has 1 aromatic heterocycles. The first kappa shape index (κ1) is 20.9. The number of nitrogens with zero attached hydrogens (tertiary/aromatic N) is 2. The van der Waals surface area contributed by atoms with E-state index in [-0.39, 0.29) is 24.3 Å². The van der Waals surface area contributed by atoms with Gasteiger partial charge in [0.05, 0.1) is 17.6 Å². The number of carbonyl (C=O) groups is 2. The number of fused-ring (bicyclic) bond motifs is 1. The molecule has 3 rings (SSSR count). The van der Waals surface area contributed by atoms with Crippen LogP contribution in [-0.4, -0.2) is 27.4 Å². The number of hydrogen-bond donors (Lipinski definition) is 2. The minimum absolute atomic E-state index is 0.0216. The quantitative estimate of drug-likeness (QED) is 0.621. The Labute approximate surface area is 175 Å². The molecule has 29 heavy (non-hydrogen) atoms. The fourth-order valence-corrected chi connectivity index (χ4v) is 3.28. The Morgan fingerprint density at radius 2 is 1.83 bits per heavy atom. The molecule has 3 aromatic rings. The van der Waals surface area contributed by atoms with Crippen molar-refractivity contribution in [2.24, 2.45) is 13.0 Å². The molecule has 0 aliphatic carbocycles. The van der Waals surface area contributed by atoms with Gasteiger partial charge in [0.25, 0.3) is 5.91 Å². The van der Waals surface area contributed by atoms with Crippen LogP contribution in [0.3, 0.4) is 0 Å². The zero-order valence-electron chi connectivity index (χ0n) is 16.8. The fourth-order valence-electron chi connectivity index (χ4n) is 3.16. The second-order valence-electron chi connectivity index (χ2n) is 7.14. The predicted molar refractivity (Wildman–Crippen MR) is 115 cm³/mol. The van der Waals surface area contributed by atoms with Gasteiger partial charge < -0.3 is 15.2 Å². The maximum Gasteiger partial charge on any atom is 0.251 e. The summed E-state index contributed by atoms with van der Waals surface area (Å²) in [6.07, 6.45) is 0.755. The fraction of sp³-hybridized carbons (Fsp3) is 0.318. The topological polar surface area (TPSA) is 76.0 Å². The molecule has 2 atom stereocenters. The number of hydrogen-bond acceptors (Lipinski definition) is 3. The summed E-state index contributed by atoms with van der Waals surface area (Å²) in [5.41, 5.74) is 2.35. The molecule has 0 fully saturated rings. The Bertz CT molecular complexity index is 1010. The summed E-state index contributed by atoms with van der Waals surface area (Å²) >= 11 is 5.88. The highest BCUT2D eigenvalue weighted by molar-refractivity contribution is 6.30. The average molecular weight is 413 g/mol. The van der Waals surface area contributed by atoms with Crippen molar-refractivity contribution < 1.29 is 9.59 Å². The van der Waals surface area contributed by atoms with Crippen LogP contribution in [0.2, 0.25) is 5.02 Å². The molecule has 7 heteroatoms. The van der Waals surface area contributed by atoms with E-state index in [4.69, 9.17) is 11.6 Å². The number of aromatic nitrogens is 2. The summed E-state index contributed by atoms with van der Waals surface area (Å²) in [5.74, 6) is 0.205. The van der Waals surface area contributed by atoms with Crippen LogP contribution in [0, 0.1) is 5.92 Å². The highest BCUT2D eigenvalue weighted by atomic mass is 35.5. The normalized spacial score (nSPS) is 13.1. The van der Waals surface area contributed by atoms with Gasteiger partial charge in [-0.25, -0.2) is 4.98 Å². The van der Waals surface area contributed by atoms with Gasteiger partial charge in [0.15, 0.2) is 0 Å². The number of halogens is 1. The third kappa shape index (κ3) is 4.77. The molecule has 0 bridgehead atoms. The number of benzene rings is 2. The van der Waals surface area contributed by atoms with Gasteiger partial charge in [0.1, 0.15) is 11.9 Å².